The lowest BCUT2D eigenvalue weighted by atomic mass is 10.2. The molecule has 0 amide bonds. The Morgan fingerprint density at radius 3 is 2.44 bits per heavy atom. The lowest BCUT2D eigenvalue weighted by molar-refractivity contribution is -0.136. The molecule has 136 valence electrons. The normalized spacial score (nSPS) is 21.2. The van der Waals surface area contributed by atoms with Crippen LogP contribution in [-0.4, -0.2) is 23.3 Å². The van der Waals surface area contributed by atoms with E-state index in [9.17, 15) is 4.79 Å². The highest BCUT2D eigenvalue weighted by atomic mass is 16.6. The Balaban J connectivity index is 2.04. The van der Waals surface area contributed by atoms with E-state index in [1.807, 2.05) is 42.5 Å². The van der Waals surface area contributed by atoms with E-state index in [1.54, 1.807) is 0 Å². The fourth-order valence-electron chi connectivity index (χ4n) is 2.14. The molecule has 1 aliphatic heterocycles. The lowest BCUT2D eigenvalue weighted by Crippen LogP contribution is -1.91. The van der Waals surface area contributed by atoms with Crippen LogP contribution in [0.5, 0.6) is 0 Å². The minimum Gasteiger partial charge on any atom is -0.481 e. The average molecular weight is 342 g/mol. The molecule has 0 saturated carbocycles. The van der Waals surface area contributed by atoms with Gasteiger partial charge >= 0.3 is 5.97 Å². The first kappa shape index (κ1) is 20.9. The number of carboxylic acid groups (broad SMARTS) is 1. The third-order valence-electron chi connectivity index (χ3n) is 3.57. The molecule has 0 bridgehead atoms. The molecule has 0 radical (unpaired) electrons. The van der Waals surface area contributed by atoms with E-state index >= 15 is 0 Å². The SMILES string of the molecule is CCC=CCC=CCC1OC1C=CC=CC=CCC=CCCC(=O)O. The van der Waals surface area contributed by atoms with Crippen molar-refractivity contribution in [2.45, 2.75) is 57.7 Å². The number of aliphatic carboxylic acids is 1. The topological polar surface area (TPSA) is 49.8 Å². The number of allylic oxidation sites excluding steroid dienone is 10. The van der Waals surface area contributed by atoms with Gasteiger partial charge in [-0.1, -0.05) is 79.8 Å². The van der Waals surface area contributed by atoms with Crippen LogP contribution >= 0.6 is 0 Å². The molecule has 0 aromatic rings. The van der Waals surface area contributed by atoms with Gasteiger partial charge < -0.3 is 9.84 Å². The fraction of sp³-hybridized carbons (Fsp3) is 0.409. The Morgan fingerprint density at radius 1 is 0.920 bits per heavy atom. The zero-order valence-corrected chi connectivity index (χ0v) is 15.1. The van der Waals surface area contributed by atoms with Crippen LogP contribution < -0.4 is 0 Å². The van der Waals surface area contributed by atoms with Crippen molar-refractivity contribution in [3.05, 3.63) is 72.9 Å². The molecule has 0 spiro atoms. The lowest BCUT2D eigenvalue weighted by Gasteiger charge is -1.86. The highest BCUT2D eigenvalue weighted by Gasteiger charge is 2.34. The van der Waals surface area contributed by atoms with Crippen LogP contribution in [0, 0.1) is 0 Å². The first-order chi connectivity index (χ1) is 12.2. The van der Waals surface area contributed by atoms with E-state index in [2.05, 4.69) is 37.3 Å². The van der Waals surface area contributed by atoms with E-state index in [0.717, 1.165) is 25.7 Å². The first-order valence-corrected chi connectivity index (χ1v) is 9.06. The van der Waals surface area contributed by atoms with Crippen LogP contribution in [0.1, 0.15) is 45.4 Å². The van der Waals surface area contributed by atoms with E-state index in [0.29, 0.717) is 12.5 Å². The zero-order valence-electron chi connectivity index (χ0n) is 15.1. The van der Waals surface area contributed by atoms with Gasteiger partial charge in [-0.15, -0.1) is 0 Å². The van der Waals surface area contributed by atoms with Gasteiger partial charge in [0.15, 0.2) is 0 Å². The maximum atomic E-state index is 10.3. The first-order valence-electron chi connectivity index (χ1n) is 9.06. The van der Waals surface area contributed by atoms with Crippen LogP contribution in [-0.2, 0) is 9.53 Å². The van der Waals surface area contributed by atoms with Crippen molar-refractivity contribution < 1.29 is 14.6 Å². The number of hydrogen-bond acceptors (Lipinski definition) is 2. The number of hydrogen-bond donors (Lipinski definition) is 1. The summed E-state index contributed by atoms with van der Waals surface area (Å²) in [5.41, 5.74) is 0. The van der Waals surface area contributed by atoms with E-state index in [1.165, 1.54) is 0 Å². The molecule has 25 heavy (non-hydrogen) atoms. The van der Waals surface area contributed by atoms with Gasteiger partial charge in [0.05, 0.1) is 6.10 Å². The standard InChI is InChI=1S/C22H30O3/c1-2-3-4-5-11-14-17-20-21(25-20)18-15-12-9-7-6-8-10-13-16-19-22(23)24/h3-4,6-7,9-15,18,20-21H,2,5,8,16-17,19H2,1H3,(H,23,24). The molecule has 2 unspecified atom stereocenters. The molecule has 2 atom stereocenters. The number of carbonyl (C=O) groups is 1. The summed E-state index contributed by atoms with van der Waals surface area (Å²) in [6, 6.07) is 0. The largest absolute Gasteiger partial charge is 0.481 e. The monoisotopic (exact) mass is 342 g/mol. The second-order valence-corrected chi connectivity index (χ2v) is 5.80. The smallest absolute Gasteiger partial charge is 0.303 e. The predicted molar refractivity (Wildman–Crippen MR) is 105 cm³/mol. The van der Waals surface area contributed by atoms with Gasteiger partial charge in [-0.25, -0.2) is 0 Å². The average Bonchev–Trinajstić information content (AvgIpc) is 3.34. The molecule has 1 N–H and O–H groups in total. The third kappa shape index (κ3) is 12.9. The van der Waals surface area contributed by atoms with Crippen molar-refractivity contribution in [3.63, 3.8) is 0 Å². The Kier molecular flexibility index (Phi) is 11.9. The third-order valence-corrected chi connectivity index (χ3v) is 3.57. The molecule has 0 aliphatic carbocycles. The van der Waals surface area contributed by atoms with Crippen molar-refractivity contribution in [1.29, 1.82) is 0 Å². The minimum atomic E-state index is -0.753. The second-order valence-electron chi connectivity index (χ2n) is 5.80. The highest BCUT2D eigenvalue weighted by Crippen LogP contribution is 2.26. The molecular formula is C22H30O3. The van der Waals surface area contributed by atoms with Gasteiger partial charge in [-0.3, -0.25) is 4.79 Å². The summed E-state index contributed by atoms with van der Waals surface area (Å²) in [6.07, 6.45) is 30.0. The van der Waals surface area contributed by atoms with Gasteiger partial charge in [-0.05, 0) is 32.1 Å². The van der Waals surface area contributed by atoms with E-state index in [4.69, 9.17) is 9.84 Å². The van der Waals surface area contributed by atoms with Gasteiger partial charge in [0, 0.05) is 6.42 Å². The Labute approximate surface area is 151 Å². The van der Waals surface area contributed by atoms with Gasteiger partial charge in [-0.2, -0.15) is 0 Å². The number of carboxylic acids is 1. The molecule has 1 heterocycles. The Morgan fingerprint density at radius 2 is 1.64 bits per heavy atom. The second kappa shape index (κ2) is 14.2. The van der Waals surface area contributed by atoms with E-state index < -0.39 is 5.97 Å². The number of epoxide rings is 1. The van der Waals surface area contributed by atoms with Gasteiger partial charge in [0.25, 0.3) is 0 Å². The molecule has 1 rings (SSSR count). The minimum absolute atomic E-state index is 0.195. The van der Waals surface area contributed by atoms with Crippen molar-refractivity contribution in [2.24, 2.45) is 0 Å². The molecule has 1 fully saturated rings. The van der Waals surface area contributed by atoms with Gasteiger partial charge in [0.1, 0.15) is 6.10 Å². The van der Waals surface area contributed by atoms with E-state index in [-0.39, 0.29) is 12.5 Å². The van der Waals surface area contributed by atoms with Crippen LogP contribution in [0.4, 0.5) is 0 Å². The van der Waals surface area contributed by atoms with Crippen molar-refractivity contribution in [2.75, 3.05) is 0 Å². The van der Waals surface area contributed by atoms with Crippen LogP contribution in [0.3, 0.4) is 0 Å². The Hall–Kier alpha value is -2.13. The van der Waals surface area contributed by atoms with Crippen LogP contribution in [0.2, 0.25) is 0 Å². The maximum absolute atomic E-state index is 10.3. The summed E-state index contributed by atoms with van der Waals surface area (Å²) in [5, 5.41) is 8.50. The summed E-state index contributed by atoms with van der Waals surface area (Å²) in [4.78, 5) is 10.3. The molecule has 1 aliphatic rings. The summed E-state index contributed by atoms with van der Waals surface area (Å²) in [5.74, 6) is -0.753. The molecule has 0 aromatic carbocycles. The fourth-order valence-corrected chi connectivity index (χ4v) is 2.14. The summed E-state index contributed by atoms with van der Waals surface area (Å²) >= 11 is 0. The van der Waals surface area contributed by atoms with Gasteiger partial charge in [0.2, 0.25) is 0 Å². The molecule has 0 aromatic heterocycles. The maximum Gasteiger partial charge on any atom is 0.303 e. The van der Waals surface area contributed by atoms with Crippen LogP contribution in [0.25, 0.3) is 0 Å². The predicted octanol–water partition coefficient (Wildman–Crippen LogP) is 5.54. The zero-order chi connectivity index (χ0) is 18.2. The number of rotatable bonds is 13. The number of ether oxygens (including phenoxy) is 1. The molecule has 3 heteroatoms. The van der Waals surface area contributed by atoms with Crippen molar-refractivity contribution in [1.82, 2.24) is 0 Å². The Bertz CT molecular complexity index is 535. The highest BCUT2D eigenvalue weighted by molar-refractivity contribution is 5.66. The summed E-state index contributed by atoms with van der Waals surface area (Å²) in [7, 11) is 0. The molecule has 3 nitrogen and oxygen atoms in total. The van der Waals surface area contributed by atoms with Crippen molar-refractivity contribution >= 4 is 5.97 Å². The molecule has 1 saturated heterocycles. The van der Waals surface area contributed by atoms with Crippen LogP contribution in [0.15, 0.2) is 72.9 Å². The molecular weight excluding hydrogens is 312 g/mol. The van der Waals surface area contributed by atoms with Crippen molar-refractivity contribution in [3.8, 4) is 0 Å². The quantitative estimate of drug-likeness (QED) is 0.272. The summed E-state index contributed by atoms with van der Waals surface area (Å²) in [6.45, 7) is 2.14. The summed E-state index contributed by atoms with van der Waals surface area (Å²) < 4.78 is 5.59.